The highest BCUT2D eigenvalue weighted by Crippen LogP contribution is 2.41. The van der Waals surface area contributed by atoms with Crippen LogP contribution in [0.1, 0.15) is 35.4 Å². The number of fused-ring (bicyclic) bond motifs is 1. The molecule has 2 aromatic rings. The summed E-state index contributed by atoms with van der Waals surface area (Å²) in [5, 5.41) is 0. The zero-order chi connectivity index (χ0) is 14.1. The molecule has 1 aromatic heterocycles. The number of hydrogen-bond acceptors (Lipinski definition) is 4. The summed E-state index contributed by atoms with van der Waals surface area (Å²) in [6.07, 6.45) is 2.56. The number of nitrogens with zero attached hydrogens (tertiary/aromatic N) is 1. The number of aryl methyl sites for hydroxylation is 1. The molecular weight excluding hydrogens is 252 g/mol. The van der Waals surface area contributed by atoms with Gasteiger partial charge in [-0.3, -0.25) is 4.98 Å². The van der Waals surface area contributed by atoms with Gasteiger partial charge < -0.3 is 15.2 Å². The molecule has 2 atom stereocenters. The van der Waals surface area contributed by atoms with Crippen molar-refractivity contribution in [1.82, 2.24) is 4.98 Å². The number of hydrogen-bond donors (Lipinski definition) is 1. The van der Waals surface area contributed by atoms with Crippen LogP contribution in [0.15, 0.2) is 36.5 Å². The van der Waals surface area contributed by atoms with Gasteiger partial charge in [-0.2, -0.15) is 0 Å². The van der Waals surface area contributed by atoms with Crippen LogP contribution < -0.4 is 15.2 Å². The molecule has 0 amide bonds. The van der Waals surface area contributed by atoms with Crippen LogP contribution in [-0.4, -0.2) is 12.1 Å². The van der Waals surface area contributed by atoms with Gasteiger partial charge >= 0.3 is 0 Å². The summed E-state index contributed by atoms with van der Waals surface area (Å²) in [5.74, 6) is 1.58. The van der Waals surface area contributed by atoms with E-state index in [2.05, 4.69) is 4.98 Å². The van der Waals surface area contributed by atoms with E-state index in [1.165, 1.54) is 0 Å². The van der Waals surface area contributed by atoms with E-state index in [-0.39, 0.29) is 12.1 Å². The Labute approximate surface area is 118 Å². The first-order chi connectivity index (χ1) is 9.67. The third kappa shape index (κ3) is 2.34. The molecule has 0 saturated heterocycles. The van der Waals surface area contributed by atoms with Crippen molar-refractivity contribution in [3.05, 3.63) is 53.3 Å². The molecule has 0 spiro atoms. The standard InChI is InChI=1S/C16H18N2O2/c1-10-3-4-11(9-18-10)15-8-14(17)13-6-5-12(19-2)7-16(13)20-15/h3-7,9,14-15H,8,17H2,1-2H3. The molecule has 20 heavy (non-hydrogen) atoms. The minimum absolute atomic E-state index is 0.0315. The Balaban J connectivity index is 1.92. The van der Waals surface area contributed by atoms with Crippen molar-refractivity contribution in [3.8, 4) is 11.5 Å². The minimum Gasteiger partial charge on any atom is -0.497 e. The van der Waals surface area contributed by atoms with Crippen LogP contribution in [0.4, 0.5) is 0 Å². The second-order valence-corrected chi connectivity index (χ2v) is 5.09. The van der Waals surface area contributed by atoms with Gasteiger partial charge in [0.2, 0.25) is 0 Å². The number of nitrogens with two attached hydrogens (primary N) is 1. The fourth-order valence-corrected chi connectivity index (χ4v) is 2.48. The zero-order valence-corrected chi connectivity index (χ0v) is 11.7. The minimum atomic E-state index is -0.0577. The van der Waals surface area contributed by atoms with Gasteiger partial charge in [0.15, 0.2) is 0 Å². The monoisotopic (exact) mass is 270 g/mol. The number of ether oxygens (including phenoxy) is 2. The quantitative estimate of drug-likeness (QED) is 0.911. The smallest absolute Gasteiger partial charge is 0.128 e. The Morgan fingerprint density at radius 2 is 2.15 bits per heavy atom. The molecule has 0 radical (unpaired) electrons. The first-order valence-corrected chi connectivity index (χ1v) is 6.70. The summed E-state index contributed by atoms with van der Waals surface area (Å²) in [6.45, 7) is 1.97. The normalized spacial score (nSPS) is 20.9. The summed E-state index contributed by atoms with van der Waals surface area (Å²) in [7, 11) is 1.64. The number of pyridine rings is 1. The van der Waals surface area contributed by atoms with Crippen molar-refractivity contribution >= 4 is 0 Å². The van der Waals surface area contributed by atoms with Gasteiger partial charge in [-0.05, 0) is 19.1 Å². The predicted octanol–water partition coefficient (Wildman–Crippen LogP) is 2.92. The molecule has 4 heteroatoms. The third-order valence-corrected chi connectivity index (χ3v) is 3.66. The van der Waals surface area contributed by atoms with Crippen LogP contribution >= 0.6 is 0 Å². The molecule has 0 saturated carbocycles. The van der Waals surface area contributed by atoms with Crippen molar-refractivity contribution in [2.45, 2.75) is 25.5 Å². The molecule has 2 N–H and O–H groups in total. The Bertz CT molecular complexity index is 610. The van der Waals surface area contributed by atoms with Crippen molar-refractivity contribution in [2.75, 3.05) is 7.11 Å². The van der Waals surface area contributed by atoms with Gasteiger partial charge in [0, 0.05) is 41.5 Å². The average molecular weight is 270 g/mol. The van der Waals surface area contributed by atoms with Crippen LogP contribution in [0.5, 0.6) is 11.5 Å². The Morgan fingerprint density at radius 1 is 1.30 bits per heavy atom. The molecule has 0 bridgehead atoms. The number of rotatable bonds is 2. The summed E-state index contributed by atoms with van der Waals surface area (Å²) in [6, 6.07) is 9.79. The fraction of sp³-hybridized carbons (Fsp3) is 0.312. The van der Waals surface area contributed by atoms with Crippen molar-refractivity contribution in [1.29, 1.82) is 0 Å². The van der Waals surface area contributed by atoms with Crippen LogP contribution in [-0.2, 0) is 0 Å². The summed E-state index contributed by atoms with van der Waals surface area (Å²) in [5.41, 5.74) is 9.34. The lowest BCUT2D eigenvalue weighted by Gasteiger charge is -2.30. The molecule has 104 valence electrons. The third-order valence-electron chi connectivity index (χ3n) is 3.66. The van der Waals surface area contributed by atoms with Crippen LogP contribution in [0.25, 0.3) is 0 Å². The van der Waals surface area contributed by atoms with Gasteiger partial charge in [0.1, 0.15) is 17.6 Å². The van der Waals surface area contributed by atoms with E-state index in [4.69, 9.17) is 15.2 Å². The Hall–Kier alpha value is -2.07. The number of aromatic nitrogens is 1. The molecular formula is C16H18N2O2. The second-order valence-electron chi connectivity index (χ2n) is 5.09. The number of methoxy groups -OCH3 is 1. The first-order valence-electron chi connectivity index (χ1n) is 6.70. The molecule has 2 unspecified atom stereocenters. The highest BCUT2D eigenvalue weighted by atomic mass is 16.5. The topological polar surface area (TPSA) is 57.4 Å². The summed E-state index contributed by atoms with van der Waals surface area (Å²) >= 11 is 0. The lowest BCUT2D eigenvalue weighted by molar-refractivity contribution is 0.160. The van der Waals surface area contributed by atoms with E-state index in [9.17, 15) is 0 Å². The molecule has 4 nitrogen and oxygen atoms in total. The maximum Gasteiger partial charge on any atom is 0.128 e. The van der Waals surface area contributed by atoms with Gasteiger partial charge in [-0.25, -0.2) is 0 Å². The van der Waals surface area contributed by atoms with Gasteiger partial charge in [0.25, 0.3) is 0 Å². The van der Waals surface area contributed by atoms with E-state index < -0.39 is 0 Å². The first kappa shape index (κ1) is 12.9. The molecule has 1 aliphatic heterocycles. The van der Waals surface area contributed by atoms with Gasteiger partial charge in [0.05, 0.1) is 7.11 Å². The van der Waals surface area contributed by atoms with E-state index in [1.54, 1.807) is 7.11 Å². The van der Waals surface area contributed by atoms with Crippen LogP contribution in [0, 0.1) is 6.92 Å². The van der Waals surface area contributed by atoms with Gasteiger partial charge in [-0.15, -0.1) is 0 Å². The summed E-state index contributed by atoms with van der Waals surface area (Å²) < 4.78 is 11.3. The lowest BCUT2D eigenvalue weighted by Crippen LogP contribution is -2.24. The second kappa shape index (κ2) is 5.13. The van der Waals surface area contributed by atoms with Crippen molar-refractivity contribution < 1.29 is 9.47 Å². The van der Waals surface area contributed by atoms with E-state index in [1.807, 2.05) is 43.5 Å². The molecule has 0 aliphatic carbocycles. The molecule has 3 rings (SSSR count). The van der Waals surface area contributed by atoms with E-state index in [0.29, 0.717) is 0 Å². The largest absolute Gasteiger partial charge is 0.497 e. The van der Waals surface area contributed by atoms with E-state index in [0.717, 1.165) is 34.7 Å². The molecule has 0 fully saturated rings. The lowest BCUT2D eigenvalue weighted by atomic mass is 9.94. The molecule has 1 aliphatic rings. The Kier molecular flexibility index (Phi) is 3.32. The SMILES string of the molecule is COc1ccc2c(c1)OC(c1ccc(C)nc1)CC2N. The van der Waals surface area contributed by atoms with E-state index >= 15 is 0 Å². The van der Waals surface area contributed by atoms with Crippen LogP contribution in [0.3, 0.4) is 0 Å². The average Bonchev–Trinajstić information content (AvgIpc) is 2.47. The predicted molar refractivity (Wildman–Crippen MR) is 76.9 cm³/mol. The number of benzene rings is 1. The van der Waals surface area contributed by atoms with Crippen molar-refractivity contribution in [2.24, 2.45) is 5.73 Å². The van der Waals surface area contributed by atoms with Crippen LogP contribution in [0.2, 0.25) is 0 Å². The summed E-state index contributed by atoms with van der Waals surface area (Å²) in [4.78, 5) is 4.32. The molecule has 1 aromatic carbocycles. The maximum atomic E-state index is 6.25. The fourth-order valence-electron chi connectivity index (χ4n) is 2.48. The zero-order valence-electron chi connectivity index (χ0n) is 11.7. The van der Waals surface area contributed by atoms with Gasteiger partial charge in [-0.1, -0.05) is 12.1 Å². The maximum absolute atomic E-state index is 6.25. The van der Waals surface area contributed by atoms with Crippen molar-refractivity contribution in [3.63, 3.8) is 0 Å². The highest BCUT2D eigenvalue weighted by molar-refractivity contribution is 5.44. The molecule has 2 heterocycles. The Morgan fingerprint density at radius 3 is 2.85 bits per heavy atom. The highest BCUT2D eigenvalue weighted by Gasteiger charge is 2.27.